The first-order valence-corrected chi connectivity index (χ1v) is 9.99. The van der Waals surface area contributed by atoms with Crippen molar-refractivity contribution in [3.8, 4) is 5.75 Å². The van der Waals surface area contributed by atoms with Crippen LogP contribution in [0.3, 0.4) is 0 Å². The highest BCUT2D eigenvalue weighted by molar-refractivity contribution is 6.32. The first-order chi connectivity index (χ1) is 14.9. The van der Waals surface area contributed by atoms with Crippen LogP contribution in [0.5, 0.6) is 5.75 Å². The largest absolute Gasteiger partial charge is 0.495 e. The van der Waals surface area contributed by atoms with Gasteiger partial charge in [-0.1, -0.05) is 30.3 Å². The van der Waals surface area contributed by atoms with Gasteiger partial charge < -0.3 is 20.7 Å². The zero-order valence-electron chi connectivity index (χ0n) is 16.8. The molecule has 3 atom stereocenters. The topological polar surface area (TPSA) is 109 Å². The molecule has 2 heterocycles. The number of nitrogens with two attached hydrogens (primary N) is 1. The number of hydrogen-bond donors (Lipinski definition) is 4. The van der Waals surface area contributed by atoms with Gasteiger partial charge in [-0.25, -0.2) is 5.43 Å². The minimum atomic E-state index is -0.572. The van der Waals surface area contributed by atoms with Gasteiger partial charge in [0.2, 0.25) is 5.91 Å². The number of nitrogens with zero attached hydrogens (tertiary/aromatic N) is 1. The summed E-state index contributed by atoms with van der Waals surface area (Å²) in [7, 11) is 1.55. The van der Waals surface area contributed by atoms with Crippen LogP contribution in [0.2, 0.25) is 5.02 Å². The average molecular weight is 440 g/mol. The number of halogens is 1. The number of anilines is 2. The molecule has 0 aromatic heterocycles. The fourth-order valence-electron chi connectivity index (χ4n) is 3.94. The highest BCUT2D eigenvalue weighted by Gasteiger charge is 2.47. The molecule has 2 aliphatic heterocycles. The van der Waals surface area contributed by atoms with Crippen LogP contribution in [-0.2, 0) is 9.59 Å². The second-order valence-corrected chi connectivity index (χ2v) is 7.62. The Morgan fingerprint density at radius 3 is 2.84 bits per heavy atom. The first kappa shape index (κ1) is 20.9. The number of rotatable bonds is 5. The summed E-state index contributed by atoms with van der Waals surface area (Å²) in [4.78, 5) is 26.4. The van der Waals surface area contributed by atoms with Crippen LogP contribution < -0.4 is 31.5 Å². The van der Waals surface area contributed by atoms with Crippen molar-refractivity contribution >= 4 is 40.4 Å². The third kappa shape index (κ3) is 3.88. The summed E-state index contributed by atoms with van der Waals surface area (Å²) in [5.41, 5.74) is 14.9. The Labute approximate surface area is 184 Å². The minimum absolute atomic E-state index is 0.210. The molecule has 1 fully saturated rings. The van der Waals surface area contributed by atoms with E-state index in [9.17, 15) is 9.59 Å². The van der Waals surface area contributed by atoms with Gasteiger partial charge in [0.15, 0.2) is 0 Å². The first-order valence-electron chi connectivity index (χ1n) is 9.61. The van der Waals surface area contributed by atoms with E-state index in [1.54, 1.807) is 37.4 Å². The van der Waals surface area contributed by atoms with E-state index in [4.69, 9.17) is 22.1 Å². The van der Waals surface area contributed by atoms with Crippen LogP contribution in [0.4, 0.5) is 11.4 Å². The lowest BCUT2D eigenvalue weighted by Crippen LogP contribution is -2.66. The van der Waals surface area contributed by atoms with Gasteiger partial charge in [-0.2, -0.15) is 0 Å². The molecular weight excluding hydrogens is 418 g/mol. The second kappa shape index (κ2) is 8.43. The normalized spacial score (nSPS) is 22.3. The molecule has 2 aromatic rings. The molecule has 2 aromatic carbocycles. The van der Waals surface area contributed by atoms with Crippen molar-refractivity contribution in [2.24, 2.45) is 11.7 Å². The van der Waals surface area contributed by atoms with Gasteiger partial charge in [0.25, 0.3) is 5.91 Å². The van der Waals surface area contributed by atoms with E-state index in [-0.39, 0.29) is 17.7 Å². The quantitative estimate of drug-likeness (QED) is 0.532. The smallest absolute Gasteiger partial charge is 0.257 e. The fraction of sp³-hybridized carbons (Fsp3) is 0.182. The van der Waals surface area contributed by atoms with Crippen LogP contribution in [0.15, 0.2) is 61.3 Å². The molecule has 0 aliphatic carbocycles. The molecule has 2 aliphatic rings. The molecular formula is C22H22ClN5O3. The predicted octanol–water partition coefficient (Wildman–Crippen LogP) is 2.24. The summed E-state index contributed by atoms with van der Waals surface area (Å²) in [6.07, 6.45) is 2.58. The fourth-order valence-corrected chi connectivity index (χ4v) is 4.20. The molecule has 160 valence electrons. The van der Waals surface area contributed by atoms with Crippen LogP contribution in [0.1, 0.15) is 5.56 Å². The molecule has 0 spiro atoms. The number of benzene rings is 2. The molecule has 5 N–H and O–H groups in total. The summed E-state index contributed by atoms with van der Waals surface area (Å²) >= 11 is 6.34. The maximum atomic E-state index is 12.8. The van der Waals surface area contributed by atoms with Gasteiger partial charge in [-0.3, -0.25) is 15.0 Å². The third-order valence-electron chi connectivity index (χ3n) is 5.38. The zero-order valence-corrected chi connectivity index (χ0v) is 17.5. The monoisotopic (exact) mass is 439 g/mol. The van der Waals surface area contributed by atoms with Crippen molar-refractivity contribution in [2.75, 3.05) is 17.3 Å². The van der Waals surface area contributed by atoms with Crippen LogP contribution in [-0.4, -0.2) is 31.1 Å². The van der Waals surface area contributed by atoms with Gasteiger partial charge in [0.05, 0.1) is 18.3 Å². The standard InChI is InChI=1S/C22H22ClN5O3/c1-3-18(29)25-13-5-4-6-14(10-13)28-11-15(12-7-8-17(31-2)16(23)9-12)19-20(28)22(30)27-26-21(19)24/h3-11,19-21,26H,1,24H2,2H3,(H,25,29)(H,27,30). The van der Waals surface area contributed by atoms with E-state index >= 15 is 0 Å². The lowest BCUT2D eigenvalue weighted by atomic mass is 9.86. The van der Waals surface area contributed by atoms with E-state index in [0.717, 1.165) is 16.8 Å². The van der Waals surface area contributed by atoms with E-state index in [1.807, 2.05) is 23.2 Å². The average Bonchev–Trinajstić information content (AvgIpc) is 3.18. The highest BCUT2D eigenvalue weighted by atomic mass is 35.5. The molecule has 0 radical (unpaired) electrons. The van der Waals surface area contributed by atoms with Crippen molar-refractivity contribution < 1.29 is 14.3 Å². The molecule has 9 heteroatoms. The third-order valence-corrected chi connectivity index (χ3v) is 5.67. The number of nitrogens with one attached hydrogen (secondary N) is 3. The van der Waals surface area contributed by atoms with E-state index in [2.05, 4.69) is 22.7 Å². The van der Waals surface area contributed by atoms with Gasteiger partial charge >= 0.3 is 0 Å². The molecule has 2 amide bonds. The Morgan fingerprint density at radius 1 is 1.32 bits per heavy atom. The van der Waals surface area contributed by atoms with Crippen LogP contribution in [0, 0.1) is 5.92 Å². The summed E-state index contributed by atoms with van der Waals surface area (Å²) < 4.78 is 5.25. The lowest BCUT2D eigenvalue weighted by Gasteiger charge is -2.37. The van der Waals surface area contributed by atoms with Crippen LogP contribution in [0.25, 0.3) is 5.57 Å². The Bertz CT molecular complexity index is 1090. The van der Waals surface area contributed by atoms with Gasteiger partial charge in [0.1, 0.15) is 11.8 Å². The highest BCUT2D eigenvalue weighted by Crippen LogP contribution is 2.42. The number of ether oxygens (including phenoxy) is 1. The van der Waals surface area contributed by atoms with E-state index in [0.29, 0.717) is 16.5 Å². The van der Waals surface area contributed by atoms with Gasteiger partial charge in [0, 0.05) is 23.5 Å². The molecule has 1 saturated heterocycles. The molecule has 31 heavy (non-hydrogen) atoms. The molecule has 3 unspecified atom stereocenters. The summed E-state index contributed by atoms with van der Waals surface area (Å²) in [5, 5.41) is 3.20. The molecule has 0 bridgehead atoms. The molecule has 0 saturated carbocycles. The predicted molar refractivity (Wildman–Crippen MR) is 120 cm³/mol. The van der Waals surface area contributed by atoms with Crippen molar-refractivity contribution in [1.82, 2.24) is 10.9 Å². The molecule has 4 rings (SSSR count). The SMILES string of the molecule is C=CC(=O)Nc1cccc(N2C=C(c3ccc(OC)c(Cl)c3)C3C(N)NNC(=O)C32)c1. The number of fused-ring (bicyclic) bond motifs is 1. The second-order valence-electron chi connectivity index (χ2n) is 7.21. The maximum Gasteiger partial charge on any atom is 0.257 e. The maximum absolute atomic E-state index is 12.8. The Balaban J connectivity index is 1.77. The van der Waals surface area contributed by atoms with Crippen molar-refractivity contribution in [3.63, 3.8) is 0 Å². The number of methoxy groups -OCH3 is 1. The Morgan fingerprint density at radius 2 is 2.13 bits per heavy atom. The van der Waals surface area contributed by atoms with Gasteiger partial charge in [-0.05, 0) is 47.5 Å². The van der Waals surface area contributed by atoms with Crippen molar-refractivity contribution in [3.05, 3.63) is 71.9 Å². The molecule has 8 nitrogen and oxygen atoms in total. The van der Waals surface area contributed by atoms with Crippen molar-refractivity contribution in [1.29, 1.82) is 0 Å². The lowest BCUT2D eigenvalue weighted by molar-refractivity contribution is -0.126. The van der Waals surface area contributed by atoms with E-state index < -0.39 is 12.2 Å². The van der Waals surface area contributed by atoms with Crippen molar-refractivity contribution in [2.45, 2.75) is 12.2 Å². The Kier molecular flexibility index (Phi) is 5.69. The number of amides is 2. The summed E-state index contributed by atoms with van der Waals surface area (Å²) in [6.45, 7) is 3.47. The number of carbonyl (C=O) groups excluding carboxylic acids is 2. The van der Waals surface area contributed by atoms with Crippen LogP contribution >= 0.6 is 11.6 Å². The Hall–Kier alpha value is -3.33. The number of hydrazine groups is 1. The van der Waals surface area contributed by atoms with E-state index in [1.165, 1.54) is 6.08 Å². The summed E-state index contributed by atoms with van der Waals surface area (Å²) in [6, 6.07) is 12.1. The number of carbonyl (C=O) groups is 2. The summed E-state index contributed by atoms with van der Waals surface area (Å²) in [5.74, 6) is -0.295. The number of hydrogen-bond acceptors (Lipinski definition) is 6. The zero-order chi connectivity index (χ0) is 22.1. The van der Waals surface area contributed by atoms with Gasteiger partial charge in [-0.15, -0.1) is 0 Å². The minimum Gasteiger partial charge on any atom is -0.495 e.